The first-order valence-electron chi connectivity index (χ1n) is 6.46. The van der Waals surface area contributed by atoms with E-state index in [4.69, 9.17) is 9.47 Å². The molecule has 1 aromatic heterocycles. The van der Waals surface area contributed by atoms with Crippen LogP contribution in [0.2, 0.25) is 0 Å². The van der Waals surface area contributed by atoms with Gasteiger partial charge in [-0.25, -0.2) is 4.98 Å². The Balaban J connectivity index is 2.05. The Morgan fingerprint density at radius 3 is 2.89 bits per heavy atom. The van der Waals surface area contributed by atoms with E-state index in [-0.39, 0.29) is 6.10 Å². The molecule has 1 fully saturated rings. The zero-order chi connectivity index (χ0) is 13.7. The van der Waals surface area contributed by atoms with Crippen molar-refractivity contribution in [1.29, 1.82) is 0 Å². The second-order valence-electron chi connectivity index (χ2n) is 4.56. The maximum Gasteiger partial charge on any atom is 0.132 e. The highest BCUT2D eigenvalue weighted by atomic mass is 127. The molecule has 1 aliphatic heterocycles. The third-order valence-electron chi connectivity index (χ3n) is 3.08. The van der Waals surface area contributed by atoms with E-state index in [2.05, 4.69) is 43.9 Å². The molecule has 1 atom stereocenters. The lowest BCUT2D eigenvalue weighted by atomic mass is 10.3. The van der Waals surface area contributed by atoms with Crippen LogP contribution in [0.5, 0.6) is 0 Å². The van der Waals surface area contributed by atoms with E-state index in [9.17, 15) is 0 Å². The molecule has 6 heteroatoms. The summed E-state index contributed by atoms with van der Waals surface area (Å²) in [6.45, 7) is 6.14. The van der Waals surface area contributed by atoms with Crippen LogP contribution < -0.4 is 10.2 Å². The lowest BCUT2D eigenvalue weighted by molar-refractivity contribution is 0.122. The van der Waals surface area contributed by atoms with Crippen LogP contribution in [0.15, 0.2) is 12.1 Å². The van der Waals surface area contributed by atoms with Crippen molar-refractivity contribution >= 4 is 34.2 Å². The van der Waals surface area contributed by atoms with Crippen LogP contribution in [0, 0.1) is 3.57 Å². The van der Waals surface area contributed by atoms with Gasteiger partial charge in [0.1, 0.15) is 11.6 Å². The van der Waals surface area contributed by atoms with E-state index in [1.807, 2.05) is 13.0 Å². The van der Waals surface area contributed by atoms with Crippen LogP contribution in [-0.2, 0) is 9.47 Å². The van der Waals surface area contributed by atoms with Gasteiger partial charge in [0.05, 0.1) is 19.3 Å². The van der Waals surface area contributed by atoms with Crippen LogP contribution >= 0.6 is 22.6 Å². The summed E-state index contributed by atoms with van der Waals surface area (Å²) in [5.41, 5.74) is 0. The van der Waals surface area contributed by atoms with E-state index >= 15 is 0 Å². The Morgan fingerprint density at radius 2 is 2.21 bits per heavy atom. The summed E-state index contributed by atoms with van der Waals surface area (Å²) in [6.07, 6.45) is 0.173. The van der Waals surface area contributed by atoms with Crippen molar-refractivity contribution in [3.8, 4) is 0 Å². The Hall–Kier alpha value is -0.600. The molecule has 0 radical (unpaired) electrons. The molecule has 1 aliphatic rings. The number of nitrogens with one attached hydrogen (secondary N) is 1. The molecule has 1 saturated heterocycles. The molecule has 19 heavy (non-hydrogen) atoms. The monoisotopic (exact) mass is 377 g/mol. The number of rotatable bonds is 5. The topological polar surface area (TPSA) is 46.6 Å². The summed E-state index contributed by atoms with van der Waals surface area (Å²) in [6, 6.07) is 4.16. The average molecular weight is 377 g/mol. The normalized spacial score (nSPS) is 17.3. The SMILES string of the molecule is CO[C@@H](C)CNc1cc(I)cc(N2CCOCC2)n1. The lowest BCUT2D eigenvalue weighted by Crippen LogP contribution is -2.36. The van der Waals surface area contributed by atoms with Crippen LogP contribution in [0.25, 0.3) is 0 Å². The Kier molecular flexibility index (Phi) is 5.65. The van der Waals surface area contributed by atoms with Gasteiger partial charge < -0.3 is 19.7 Å². The van der Waals surface area contributed by atoms with Gasteiger partial charge in [-0.1, -0.05) is 0 Å². The average Bonchev–Trinajstić information content (AvgIpc) is 2.45. The van der Waals surface area contributed by atoms with Crippen molar-refractivity contribution in [3.63, 3.8) is 0 Å². The van der Waals surface area contributed by atoms with Crippen molar-refractivity contribution in [2.45, 2.75) is 13.0 Å². The van der Waals surface area contributed by atoms with Gasteiger partial charge in [0.25, 0.3) is 0 Å². The van der Waals surface area contributed by atoms with E-state index < -0.39 is 0 Å². The van der Waals surface area contributed by atoms with Crippen LogP contribution in [0.3, 0.4) is 0 Å². The fourth-order valence-electron chi connectivity index (χ4n) is 1.86. The molecule has 106 valence electrons. The fraction of sp³-hybridized carbons (Fsp3) is 0.615. The molecule has 1 N–H and O–H groups in total. The summed E-state index contributed by atoms with van der Waals surface area (Å²) >= 11 is 2.32. The minimum atomic E-state index is 0.173. The number of anilines is 2. The highest BCUT2D eigenvalue weighted by Crippen LogP contribution is 2.20. The number of methoxy groups -OCH3 is 1. The summed E-state index contributed by atoms with van der Waals surface area (Å²) in [4.78, 5) is 6.92. The van der Waals surface area contributed by atoms with Crippen LogP contribution in [-0.4, -0.2) is 51.0 Å². The molecule has 0 aliphatic carbocycles. The third kappa shape index (κ3) is 4.47. The molecule has 0 aromatic carbocycles. The van der Waals surface area contributed by atoms with E-state index in [1.54, 1.807) is 7.11 Å². The minimum Gasteiger partial charge on any atom is -0.380 e. The highest BCUT2D eigenvalue weighted by Gasteiger charge is 2.13. The molecular formula is C13H20IN3O2. The van der Waals surface area contributed by atoms with Gasteiger partial charge in [0.2, 0.25) is 0 Å². The largest absolute Gasteiger partial charge is 0.380 e. The van der Waals surface area contributed by atoms with E-state index in [0.29, 0.717) is 0 Å². The Bertz CT molecular complexity index is 411. The molecular weight excluding hydrogens is 357 g/mol. The minimum absolute atomic E-state index is 0.173. The van der Waals surface area contributed by atoms with Crippen LogP contribution in [0.1, 0.15) is 6.92 Å². The van der Waals surface area contributed by atoms with Gasteiger partial charge in [0, 0.05) is 30.3 Å². The summed E-state index contributed by atoms with van der Waals surface area (Å²) in [5.74, 6) is 1.92. The predicted octanol–water partition coefficient (Wildman–Crippen LogP) is 1.97. The number of hydrogen-bond donors (Lipinski definition) is 1. The van der Waals surface area contributed by atoms with Crippen molar-refractivity contribution in [2.24, 2.45) is 0 Å². The molecule has 1 aromatic rings. The molecule has 2 rings (SSSR count). The molecule has 0 spiro atoms. The number of halogens is 1. The second-order valence-corrected chi connectivity index (χ2v) is 5.80. The number of nitrogens with zero attached hydrogens (tertiary/aromatic N) is 2. The zero-order valence-corrected chi connectivity index (χ0v) is 13.5. The quantitative estimate of drug-likeness (QED) is 0.796. The number of aromatic nitrogens is 1. The smallest absolute Gasteiger partial charge is 0.132 e. The zero-order valence-electron chi connectivity index (χ0n) is 11.4. The predicted molar refractivity (Wildman–Crippen MR) is 84.9 cm³/mol. The highest BCUT2D eigenvalue weighted by molar-refractivity contribution is 14.1. The first kappa shape index (κ1) is 14.8. The van der Waals surface area contributed by atoms with Crippen LogP contribution in [0.4, 0.5) is 11.6 Å². The summed E-state index contributed by atoms with van der Waals surface area (Å²) < 4.78 is 11.8. The number of ether oxygens (including phenoxy) is 2. The molecule has 0 amide bonds. The Labute approximate surface area is 127 Å². The second kappa shape index (κ2) is 7.25. The van der Waals surface area contributed by atoms with Crippen molar-refractivity contribution < 1.29 is 9.47 Å². The molecule has 2 heterocycles. The van der Waals surface area contributed by atoms with Crippen molar-refractivity contribution in [3.05, 3.63) is 15.7 Å². The first-order valence-corrected chi connectivity index (χ1v) is 7.54. The molecule has 0 unspecified atom stereocenters. The van der Waals surface area contributed by atoms with Gasteiger partial charge in [-0.15, -0.1) is 0 Å². The van der Waals surface area contributed by atoms with E-state index in [1.165, 1.54) is 3.57 Å². The maximum atomic E-state index is 5.37. The maximum absolute atomic E-state index is 5.37. The van der Waals surface area contributed by atoms with E-state index in [0.717, 1.165) is 44.5 Å². The molecule has 5 nitrogen and oxygen atoms in total. The lowest BCUT2D eigenvalue weighted by Gasteiger charge is -2.28. The van der Waals surface area contributed by atoms with Crippen molar-refractivity contribution in [2.75, 3.05) is 50.2 Å². The number of pyridine rings is 1. The van der Waals surface area contributed by atoms with Gasteiger partial charge in [-0.05, 0) is 41.6 Å². The summed E-state index contributed by atoms with van der Waals surface area (Å²) in [7, 11) is 1.72. The summed E-state index contributed by atoms with van der Waals surface area (Å²) in [5, 5.41) is 3.32. The standard InChI is InChI=1S/C13H20IN3O2/c1-10(18-2)9-15-12-7-11(14)8-13(16-12)17-3-5-19-6-4-17/h7-8,10H,3-6,9H2,1-2H3,(H,15,16)/t10-/m0/s1. The third-order valence-corrected chi connectivity index (χ3v) is 3.71. The van der Waals surface area contributed by atoms with Gasteiger partial charge >= 0.3 is 0 Å². The number of morpholine rings is 1. The Morgan fingerprint density at radius 1 is 1.47 bits per heavy atom. The first-order chi connectivity index (χ1) is 9.19. The van der Waals surface area contributed by atoms with Gasteiger partial charge in [0.15, 0.2) is 0 Å². The molecule has 0 saturated carbocycles. The van der Waals surface area contributed by atoms with Gasteiger partial charge in [-0.3, -0.25) is 0 Å². The molecule has 0 bridgehead atoms. The van der Waals surface area contributed by atoms with Crippen molar-refractivity contribution in [1.82, 2.24) is 4.98 Å². The fourth-order valence-corrected chi connectivity index (χ4v) is 2.43. The number of hydrogen-bond acceptors (Lipinski definition) is 5. The van der Waals surface area contributed by atoms with Gasteiger partial charge in [-0.2, -0.15) is 0 Å².